The Hall–Kier alpha value is -2.35. The van der Waals surface area contributed by atoms with E-state index in [1.165, 1.54) is 24.3 Å². The molecule has 0 aliphatic heterocycles. The van der Waals surface area contributed by atoms with E-state index in [0.717, 1.165) is 0 Å². The van der Waals surface area contributed by atoms with Gasteiger partial charge >= 0.3 is 0 Å². The Morgan fingerprint density at radius 2 is 2.04 bits per heavy atom. The average Bonchev–Trinajstić information content (AvgIpc) is 2.99. The van der Waals surface area contributed by atoms with Gasteiger partial charge in [0.1, 0.15) is 5.82 Å². The summed E-state index contributed by atoms with van der Waals surface area (Å²) in [7, 11) is 0. The van der Waals surface area contributed by atoms with Crippen LogP contribution in [0.3, 0.4) is 0 Å². The highest BCUT2D eigenvalue weighted by atomic mass is 79.9. The van der Waals surface area contributed by atoms with Gasteiger partial charge in [0.25, 0.3) is 12.3 Å². The van der Waals surface area contributed by atoms with Gasteiger partial charge in [-0.3, -0.25) is 4.79 Å². The highest BCUT2D eigenvalue weighted by Gasteiger charge is 2.14. The second-order valence-electron chi connectivity index (χ2n) is 5.07. The Balaban J connectivity index is 1.77. The first kappa shape index (κ1) is 16.5. The highest BCUT2D eigenvalue weighted by molar-refractivity contribution is 9.10. The third-order valence-electron chi connectivity index (χ3n) is 3.42. The maximum Gasteiger partial charge on any atom is 0.295 e. The molecule has 24 heavy (non-hydrogen) atoms. The van der Waals surface area contributed by atoms with E-state index >= 15 is 0 Å². The topological polar surface area (TPSA) is 57.8 Å². The van der Waals surface area contributed by atoms with E-state index in [-0.39, 0.29) is 12.1 Å². The molecule has 4 nitrogen and oxygen atoms in total. The number of rotatable bonds is 4. The molecular weight excluding hydrogens is 387 g/mol. The standard InChI is InChI=1S/C16H11BrF3N3O/c17-10-2-3-11(18)9(5-10)7-21-16(24)8-1-4-12-13(6-8)23-15(22-12)14(19)20/h1-6,14H,7H2,(H,21,24)(H,22,23). The van der Waals surface area contributed by atoms with Crippen molar-refractivity contribution in [3.63, 3.8) is 0 Å². The number of halogens is 4. The first-order valence-electron chi connectivity index (χ1n) is 6.94. The van der Waals surface area contributed by atoms with E-state index in [4.69, 9.17) is 0 Å². The molecule has 0 unspecified atom stereocenters. The van der Waals surface area contributed by atoms with Crippen LogP contribution in [0.2, 0.25) is 0 Å². The Labute approximate surface area is 143 Å². The van der Waals surface area contributed by atoms with E-state index in [1.807, 2.05) is 0 Å². The van der Waals surface area contributed by atoms with Crippen LogP contribution in [0.5, 0.6) is 0 Å². The number of carbonyl (C=O) groups excluding carboxylic acids is 1. The lowest BCUT2D eigenvalue weighted by Crippen LogP contribution is -2.23. The largest absolute Gasteiger partial charge is 0.348 e. The van der Waals surface area contributed by atoms with Gasteiger partial charge in [-0.05, 0) is 36.4 Å². The Morgan fingerprint density at radius 3 is 2.79 bits per heavy atom. The molecule has 0 aliphatic carbocycles. The second-order valence-corrected chi connectivity index (χ2v) is 5.99. The fraction of sp³-hybridized carbons (Fsp3) is 0.125. The van der Waals surface area contributed by atoms with Crippen molar-refractivity contribution >= 4 is 32.9 Å². The summed E-state index contributed by atoms with van der Waals surface area (Å²) in [6.07, 6.45) is -2.71. The van der Waals surface area contributed by atoms with Crippen LogP contribution in [0.4, 0.5) is 13.2 Å². The highest BCUT2D eigenvalue weighted by Crippen LogP contribution is 2.21. The van der Waals surface area contributed by atoms with E-state index in [1.54, 1.807) is 12.1 Å². The number of alkyl halides is 2. The summed E-state index contributed by atoms with van der Waals surface area (Å²) < 4.78 is 39.6. The number of nitrogens with one attached hydrogen (secondary N) is 2. The first-order valence-corrected chi connectivity index (χ1v) is 7.73. The lowest BCUT2D eigenvalue weighted by atomic mass is 10.1. The van der Waals surface area contributed by atoms with Crippen molar-refractivity contribution in [3.8, 4) is 0 Å². The number of fused-ring (bicyclic) bond motifs is 1. The van der Waals surface area contributed by atoms with Crippen LogP contribution in [0.15, 0.2) is 40.9 Å². The van der Waals surface area contributed by atoms with Crippen molar-refractivity contribution in [2.45, 2.75) is 13.0 Å². The van der Waals surface area contributed by atoms with Crippen LogP contribution >= 0.6 is 15.9 Å². The molecule has 8 heteroatoms. The number of carbonyl (C=O) groups is 1. The number of H-pyrrole nitrogens is 1. The summed E-state index contributed by atoms with van der Waals surface area (Å²) in [5, 5.41) is 2.60. The first-order chi connectivity index (χ1) is 11.4. The van der Waals surface area contributed by atoms with Crippen LogP contribution in [0.25, 0.3) is 11.0 Å². The summed E-state index contributed by atoms with van der Waals surface area (Å²) in [6, 6.07) is 8.82. The lowest BCUT2D eigenvalue weighted by molar-refractivity contribution is 0.0950. The fourth-order valence-electron chi connectivity index (χ4n) is 2.23. The smallest absolute Gasteiger partial charge is 0.295 e. The summed E-state index contributed by atoms with van der Waals surface area (Å²) in [4.78, 5) is 18.4. The molecule has 3 aromatic rings. The van der Waals surface area contributed by atoms with Gasteiger partial charge in [-0.1, -0.05) is 15.9 Å². The predicted molar refractivity (Wildman–Crippen MR) is 86.3 cm³/mol. The van der Waals surface area contributed by atoms with Crippen LogP contribution in [-0.2, 0) is 6.54 Å². The summed E-state index contributed by atoms with van der Waals surface area (Å²) >= 11 is 3.24. The molecule has 0 radical (unpaired) electrons. The monoisotopic (exact) mass is 397 g/mol. The van der Waals surface area contributed by atoms with E-state index in [9.17, 15) is 18.0 Å². The van der Waals surface area contributed by atoms with Gasteiger partial charge in [0.2, 0.25) is 0 Å². The normalized spacial score (nSPS) is 11.2. The number of aromatic amines is 1. The third-order valence-corrected chi connectivity index (χ3v) is 3.91. The molecule has 124 valence electrons. The Morgan fingerprint density at radius 1 is 1.25 bits per heavy atom. The Bertz CT molecular complexity index is 911. The van der Waals surface area contributed by atoms with Gasteiger partial charge in [-0.2, -0.15) is 0 Å². The van der Waals surface area contributed by atoms with E-state index < -0.39 is 24.0 Å². The number of nitrogens with zero attached hydrogens (tertiary/aromatic N) is 1. The predicted octanol–water partition coefficient (Wildman–Crippen LogP) is 4.33. The molecule has 1 amide bonds. The molecule has 0 spiro atoms. The van der Waals surface area contributed by atoms with Crippen LogP contribution in [-0.4, -0.2) is 15.9 Å². The van der Waals surface area contributed by atoms with Gasteiger partial charge in [0.15, 0.2) is 5.82 Å². The molecule has 1 heterocycles. The number of amides is 1. The zero-order valence-corrected chi connectivity index (χ0v) is 13.7. The van der Waals surface area contributed by atoms with Crippen molar-refractivity contribution in [1.29, 1.82) is 0 Å². The van der Waals surface area contributed by atoms with Gasteiger partial charge in [0.05, 0.1) is 11.0 Å². The molecule has 0 saturated heterocycles. The maximum absolute atomic E-state index is 13.7. The van der Waals surface area contributed by atoms with Gasteiger partial charge < -0.3 is 10.3 Å². The molecule has 2 aromatic carbocycles. The van der Waals surface area contributed by atoms with Crippen LogP contribution in [0.1, 0.15) is 28.2 Å². The van der Waals surface area contributed by atoms with Gasteiger partial charge in [-0.25, -0.2) is 18.2 Å². The second kappa shape index (κ2) is 6.64. The van der Waals surface area contributed by atoms with Gasteiger partial charge in [0, 0.05) is 22.1 Å². The van der Waals surface area contributed by atoms with Crippen molar-refractivity contribution < 1.29 is 18.0 Å². The zero-order chi connectivity index (χ0) is 17.3. The number of benzene rings is 2. The molecule has 0 aliphatic rings. The molecule has 0 bridgehead atoms. The summed E-state index contributed by atoms with van der Waals surface area (Å²) in [5.41, 5.74) is 1.29. The summed E-state index contributed by atoms with van der Waals surface area (Å²) in [5.74, 6) is -1.31. The molecule has 0 fully saturated rings. The van der Waals surface area contributed by atoms with Crippen molar-refractivity contribution in [1.82, 2.24) is 15.3 Å². The SMILES string of the molecule is O=C(NCc1cc(Br)ccc1F)c1ccc2nc(C(F)F)[nH]c2c1. The van der Waals surface area contributed by atoms with E-state index in [0.29, 0.717) is 21.1 Å². The average molecular weight is 398 g/mol. The molecule has 0 saturated carbocycles. The zero-order valence-electron chi connectivity index (χ0n) is 12.1. The Kier molecular flexibility index (Phi) is 4.57. The quantitative estimate of drug-likeness (QED) is 0.688. The number of imidazole rings is 1. The van der Waals surface area contributed by atoms with Gasteiger partial charge in [-0.15, -0.1) is 0 Å². The van der Waals surface area contributed by atoms with Crippen molar-refractivity contribution in [2.24, 2.45) is 0 Å². The van der Waals surface area contributed by atoms with E-state index in [2.05, 4.69) is 31.2 Å². The molecule has 3 rings (SSSR count). The molecule has 2 N–H and O–H groups in total. The lowest BCUT2D eigenvalue weighted by Gasteiger charge is -2.07. The molecular formula is C16H11BrF3N3O. The number of aromatic nitrogens is 2. The minimum Gasteiger partial charge on any atom is -0.348 e. The maximum atomic E-state index is 13.7. The van der Waals surface area contributed by atoms with Crippen molar-refractivity contribution in [3.05, 3.63) is 63.6 Å². The minimum atomic E-state index is -2.71. The fourth-order valence-corrected chi connectivity index (χ4v) is 2.64. The van der Waals surface area contributed by atoms with Crippen LogP contribution in [0, 0.1) is 5.82 Å². The molecule has 0 atom stereocenters. The summed E-state index contributed by atoms with van der Waals surface area (Å²) in [6.45, 7) is 0.00735. The van der Waals surface area contributed by atoms with Crippen LogP contribution < -0.4 is 5.32 Å². The number of hydrogen-bond donors (Lipinski definition) is 2. The molecule has 1 aromatic heterocycles. The van der Waals surface area contributed by atoms with Crippen molar-refractivity contribution in [2.75, 3.05) is 0 Å². The third kappa shape index (κ3) is 3.43. The number of hydrogen-bond acceptors (Lipinski definition) is 2. The minimum absolute atomic E-state index is 0.00735.